The van der Waals surface area contributed by atoms with Gasteiger partial charge in [0.25, 0.3) is 5.91 Å². The van der Waals surface area contributed by atoms with Gasteiger partial charge in [-0.2, -0.15) is 5.10 Å². The maximum absolute atomic E-state index is 12.7. The van der Waals surface area contributed by atoms with Crippen molar-refractivity contribution in [1.82, 2.24) is 15.1 Å². The Balaban J connectivity index is 1.41. The first-order valence-corrected chi connectivity index (χ1v) is 12.0. The number of amides is 1. The second-order valence-corrected chi connectivity index (χ2v) is 10.5. The van der Waals surface area contributed by atoms with E-state index in [1.807, 2.05) is 54.7 Å². The van der Waals surface area contributed by atoms with Crippen LogP contribution >= 0.6 is 11.8 Å². The molecule has 1 N–H and O–H groups in total. The van der Waals surface area contributed by atoms with Gasteiger partial charge in [0, 0.05) is 28.5 Å². The van der Waals surface area contributed by atoms with Gasteiger partial charge in [-0.05, 0) is 30.7 Å². The first kappa shape index (κ1) is 19.7. The first-order valence-electron chi connectivity index (χ1n) is 9.33. The summed E-state index contributed by atoms with van der Waals surface area (Å²) in [4.78, 5) is 13.6. The summed E-state index contributed by atoms with van der Waals surface area (Å²) in [6.45, 7) is 0.364. The molecular formula is C21H21N3O3S2. The van der Waals surface area contributed by atoms with Crippen LogP contribution in [0.15, 0.2) is 71.9 Å². The van der Waals surface area contributed by atoms with Crippen LogP contribution in [-0.2, 0) is 16.4 Å². The fraction of sp³-hybridized carbons (Fsp3) is 0.238. The van der Waals surface area contributed by atoms with Gasteiger partial charge in [-0.15, -0.1) is 11.8 Å². The molecule has 2 heterocycles. The Bertz CT molecular complexity index is 1110. The van der Waals surface area contributed by atoms with Crippen LogP contribution in [0, 0.1) is 0 Å². The van der Waals surface area contributed by atoms with E-state index in [2.05, 4.69) is 10.4 Å². The van der Waals surface area contributed by atoms with Crippen LogP contribution in [0.2, 0.25) is 0 Å². The van der Waals surface area contributed by atoms with Gasteiger partial charge in [0.15, 0.2) is 9.84 Å². The minimum atomic E-state index is -2.95. The van der Waals surface area contributed by atoms with Gasteiger partial charge >= 0.3 is 0 Å². The molecule has 3 aromatic rings. The largest absolute Gasteiger partial charge is 0.348 e. The molecule has 0 radical (unpaired) electrons. The van der Waals surface area contributed by atoms with Crippen molar-refractivity contribution in [2.75, 3.05) is 11.5 Å². The molecule has 0 bridgehead atoms. The molecule has 1 amide bonds. The number of carbonyl (C=O) groups is 1. The molecule has 29 heavy (non-hydrogen) atoms. The Morgan fingerprint density at radius 1 is 1.14 bits per heavy atom. The van der Waals surface area contributed by atoms with E-state index in [-0.39, 0.29) is 22.7 Å². The van der Waals surface area contributed by atoms with E-state index in [0.29, 0.717) is 18.5 Å². The number of benzene rings is 2. The van der Waals surface area contributed by atoms with Crippen LogP contribution in [0.5, 0.6) is 0 Å². The Labute approximate surface area is 174 Å². The number of nitrogens with zero attached hydrogens (tertiary/aromatic N) is 2. The second-order valence-electron chi connectivity index (χ2n) is 6.95. The summed E-state index contributed by atoms with van der Waals surface area (Å²) in [5.41, 5.74) is 2.42. The summed E-state index contributed by atoms with van der Waals surface area (Å²) in [6.07, 6.45) is 4.25. The van der Waals surface area contributed by atoms with Gasteiger partial charge in [0.05, 0.1) is 29.0 Å². The zero-order chi connectivity index (χ0) is 20.3. The number of rotatable bonds is 6. The van der Waals surface area contributed by atoms with Crippen LogP contribution in [0.4, 0.5) is 0 Å². The average molecular weight is 428 g/mol. The van der Waals surface area contributed by atoms with Crippen molar-refractivity contribution in [2.45, 2.75) is 23.1 Å². The van der Waals surface area contributed by atoms with Gasteiger partial charge < -0.3 is 5.32 Å². The third-order valence-electron chi connectivity index (χ3n) is 4.73. The summed E-state index contributed by atoms with van der Waals surface area (Å²) < 4.78 is 25.2. The van der Waals surface area contributed by atoms with Crippen molar-refractivity contribution in [1.29, 1.82) is 0 Å². The molecule has 1 saturated heterocycles. The maximum atomic E-state index is 12.7. The molecule has 150 valence electrons. The van der Waals surface area contributed by atoms with Crippen LogP contribution in [0.3, 0.4) is 0 Å². The number of nitrogens with one attached hydrogen (secondary N) is 1. The van der Waals surface area contributed by atoms with Gasteiger partial charge in [-0.3, -0.25) is 4.79 Å². The molecule has 2 aromatic carbocycles. The van der Waals surface area contributed by atoms with Crippen molar-refractivity contribution >= 4 is 27.5 Å². The summed E-state index contributed by atoms with van der Waals surface area (Å²) in [6, 6.07) is 17.1. The molecule has 0 saturated carbocycles. The molecule has 0 aliphatic carbocycles. The summed E-state index contributed by atoms with van der Waals surface area (Å²) in [5.74, 6) is 0.220. The van der Waals surface area contributed by atoms with Crippen molar-refractivity contribution in [3.8, 4) is 5.69 Å². The van der Waals surface area contributed by atoms with Crippen LogP contribution in [0.25, 0.3) is 5.69 Å². The first-order chi connectivity index (χ1) is 14.0. The lowest BCUT2D eigenvalue weighted by Gasteiger charge is -2.12. The van der Waals surface area contributed by atoms with Gasteiger partial charge in [0.2, 0.25) is 0 Å². The highest BCUT2D eigenvalue weighted by Crippen LogP contribution is 2.33. The van der Waals surface area contributed by atoms with Crippen molar-refractivity contribution in [2.24, 2.45) is 0 Å². The standard InChI is InChI=1S/C21H21N3O3S2/c25-21(22-12-16-13-23-24(14-16)17-6-2-1-3-7-17)19-8-4-5-9-20(19)28-18-10-11-29(26,27)15-18/h1-9,13-14,18H,10-12,15H2,(H,22,25). The Kier molecular flexibility index (Phi) is 5.73. The highest BCUT2D eigenvalue weighted by molar-refractivity contribution is 8.02. The molecule has 1 unspecified atom stereocenters. The second kappa shape index (κ2) is 8.42. The molecular weight excluding hydrogens is 406 g/mol. The van der Waals surface area contributed by atoms with Crippen molar-refractivity contribution in [3.63, 3.8) is 0 Å². The summed E-state index contributed by atoms with van der Waals surface area (Å²) >= 11 is 1.48. The smallest absolute Gasteiger partial charge is 0.252 e. The lowest BCUT2D eigenvalue weighted by atomic mass is 10.2. The molecule has 0 spiro atoms. The number of aromatic nitrogens is 2. The number of hydrogen-bond acceptors (Lipinski definition) is 5. The van der Waals surface area contributed by atoms with Crippen molar-refractivity contribution in [3.05, 3.63) is 78.1 Å². The monoisotopic (exact) mass is 427 g/mol. The number of carbonyl (C=O) groups excluding carboxylic acids is 1. The van der Waals surface area contributed by atoms with Crippen LogP contribution < -0.4 is 5.32 Å². The molecule has 4 rings (SSSR count). The Hall–Kier alpha value is -2.58. The molecule has 1 aliphatic rings. The minimum absolute atomic E-state index is 0.00180. The molecule has 8 heteroatoms. The average Bonchev–Trinajstić information content (AvgIpc) is 3.33. The van der Waals surface area contributed by atoms with E-state index in [1.165, 1.54) is 11.8 Å². The maximum Gasteiger partial charge on any atom is 0.252 e. The molecule has 1 fully saturated rings. The highest BCUT2D eigenvalue weighted by atomic mass is 32.2. The normalized spacial score (nSPS) is 17.9. The lowest BCUT2D eigenvalue weighted by Crippen LogP contribution is -2.23. The topological polar surface area (TPSA) is 81.1 Å². The third kappa shape index (κ3) is 4.89. The Morgan fingerprint density at radius 2 is 1.90 bits per heavy atom. The van der Waals surface area contributed by atoms with Crippen LogP contribution in [-0.4, -0.2) is 40.9 Å². The molecule has 1 atom stereocenters. The molecule has 1 aliphatic heterocycles. The molecule has 6 nitrogen and oxygen atoms in total. The predicted molar refractivity (Wildman–Crippen MR) is 114 cm³/mol. The van der Waals surface area contributed by atoms with E-state index in [1.54, 1.807) is 16.9 Å². The van der Waals surface area contributed by atoms with Gasteiger partial charge in [0.1, 0.15) is 0 Å². The quantitative estimate of drug-likeness (QED) is 0.654. The SMILES string of the molecule is O=C(NCc1cnn(-c2ccccc2)c1)c1ccccc1SC1CCS(=O)(=O)C1. The fourth-order valence-electron chi connectivity index (χ4n) is 3.24. The lowest BCUT2D eigenvalue weighted by molar-refractivity contribution is 0.0948. The van der Waals surface area contributed by atoms with Gasteiger partial charge in [-0.1, -0.05) is 30.3 Å². The zero-order valence-corrected chi connectivity index (χ0v) is 17.3. The Morgan fingerprint density at radius 3 is 2.66 bits per heavy atom. The van der Waals surface area contributed by atoms with Crippen molar-refractivity contribution < 1.29 is 13.2 Å². The summed E-state index contributed by atoms with van der Waals surface area (Å²) in [5, 5.41) is 7.28. The predicted octanol–water partition coefficient (Wildman–Crippen LogP) is 3.08. The van der Waals surface area contributed by atoms with E-state index in [9.17, 15) is 13.2 Å². The third-order valence-corrected chi connectivity index (χ3v) is 8.05. The van der Waals surface area contributed by atoms with E-state index < -0.39 is 9.84 Å². The van der Waals surface area contributed by atoms with Gasteiger partial charge in [-0.25, -0.2) is 13.1 Å². The van der Waals surface area contributed by atoms with E-state index >= 15 is 0 Å². The molecule has 1 aromatic heterocycles. The van der Waals surface area contributed by atoms with E-state index in [4.69, 9.17) is 0 Å². The number of thioether (sulfide) groups is 1. The zero-order valence-electron chi connectivity index (χ0n) is 15.7. The van der Waals surface area contributed by atoms with Crippen LogP contribution in [0.1, 0.15) is 22.3 Å². The number of para-hydroxylation sites is 1. The van der Waals surface area contributed by atoms with E-state index in [0.717, 1.165) is 16.1 Å². The number of sulfone groups is 1. The fourth-order valence-corrected chi connectivity index (χ4v) is 6.87. The number of hydrogen-bond donors (Lipinski definition) is 1. The summed E-state index contributed by atoms with van der Waals surface area (Å²) in [7, 11) is -2.95. The highest BCUT2D eigenvalue weighted by Gasteiger charge is 2.29. The minimum Gasteiger partial charge on any atom is -0.348 e.